The van der Waals surface area contributed by atoms with Crippen molar-refractivity contribution >= 4 is 16.8 Å². The minimum atomic E-state index is -0.0521. The van der Waals surface area contributed by atoms with E-state index in [1.54, 1.807) is 6.20 Å². The maximum atomic E-state index is 13.1. The summed E-state index contributed by atoms with van der Waals surface area (Å²) >= 11 is 0. The number of likely N-dealkylation sites (N-methyl/N-ethyl adjacent to an activating group) is 2. The number of benzene rings is 1. The summed E-state index contributed by atoms with van der Waals surface area (Å²) in [5.74, 6) is 0.521. The van der Waals surface area contributed by atoms with Crippen molar-refractivity contribution < 1.29 is 4.79 Å². The zero-order chi connectivity index (χ0) is 24.5. The van der Waals surface area contributed by atoms with Crippen LogP contribution in [0.5, 0.6) is 0 Å². The standard InChI is InChI=1S/C26H32N8O/c1-5-27-11-18-12-28-13-21(16(18)2)17-6-7-22-20(10-17)24(32-31-22)25-29-14-23(30-25)26(35)34(4)19-8-9-33(3)15-19/h6-7,10,12-14,19,27H,5,8-9,11,15H2,1-4H3,(H,29,30)(H,31,32). The number of fused-ring (bicyclic) bond motifs is 1. The summed E-state index contributed by atoms with van der Waals surface area (Å²) in [5.41, 5.74) is 6.62. The SMILES string of the molecule is CCNCc1cncc(-c2ccc3[nH]nc(-c4ncc(C(=O)N(C)C5CCN(C)C5)[nH]4)c3c2)c1C. The lowest BCUT2D eigenvalue weighted by Gasteiger charge is -2.23. The third-order valence-corrected chi connectivity index (χ3v) is 7.02. The summed E-state index contributed by atoms with van der Waals surface area (Å²) in [7, 11) is 3.95. The molecular formula is C26H32N8O. The topological polar surface area (TPSA) is 106 Å². The number of likely N-dealkylation sites (tertiary alicyclic amines) is 1. The van der Waals surface area contributed by atoms with Gasteiger partial charge < -0.3 is 20.1 Å². The highest BCUT2D eigenvalue weighted by Crippen LogP contribution is 2.31. The van der Waals surface area contributed by atoms with Crippen LogP contribution in [0.25, 0.3) is 33.5 Å². The first-order chi connectivity index (χ1) is 17.0. The smallest absolute Gasteiger partial charge is 0.271 e. The third kappa shape index (κ3) is 4.44. The Labute approximate surface area is 205 Å². The van der Waals surface area contributed by atoms with E-state index < -0.39 is 0 Å². The van der Waals surface area contributed by atoms with Crippen LogP contribution < -0.4 is 5.32 Å². The molecule has 1 aromatic carbocycles. The van der Waals surface area contributed by atoms with Crippen molar-refractivity contribution in [2.45, 2.75) is 32.9 Å². The number of nitrogens with zero attached hydrogens (tertiary/aromatic N) is 5. The summed E-state index contributed by atoms with van der Waals surface area (Å²) in [6, 6.07) is 6.43. The molecule has 1 aliphatic rings. The predicted molar refractivity (Wildman–Crippen MR) is 137 cm³/mol. The van der Waals surface area contributed by atoms with Crippen molar-refractivity contribution in [3.8, 4) is 22.6 Å². The Hall–Kier alpha value is -3.56. The Bertz CT molecular complexity index is 1360. The zero-order valence-electron chi connectivity index (χ0n) is 20.7. The normalized spacial score (nSPS) is 16.3. The number of hydrogen-bond acceptors (Lipinski definition) is 6. The Morgan fingerprint density at radius 3 is 2.91 bits per heavy atom. The number of imidazole rings is 1. The van der Waals surface area contributed by atoms with Crippen molar-refractivity contribution in [2.24, 2.45) is 0 Å². The molecule has 5 rings (SSSR count). The second-order valence-corrected chi connectivity index (χ2v) is 9.35. The molecule has 0 spiro atoms. The molecule has 0 aliphatic carbocycles. The van der Waals surface area contributed by atoms with E-state index in [2.05, 4.69) is 68.4 Å². The van der Waals surface area contributed by atoms with Gasteiger partial charge in [0.25, 0.3) is 5.91 Å². The predicted octanol–water partition coefficient (Wildman–Crippen LogP) is 3.21. The number of H-pyrrole nitrogens is 2. The van der Waals surface area contributed by atoms with Crippen LogP contribution in [0.4, 0.5) is 0 Å². The molecule has 1 atom stereocenters. The average Bonchev–Trinajstić information content (AvgIpc) is 3.61. The highest BCUT2D eigenvalue weighted by Gasteiger charge is 2.28. The van der Waals surface area contributed by atoms with Crippen molar-refractivity contribution in [1.82, 2.24) is 40.3 Å². The van der Waals surface area contributed by atoms with Gasteiger partial charge in [-0.2, -0.15) is 5.10 Å². The van der Waals surface area contributed by atoms with Gasteiger partial charge in [-0.05, 0) is 62.3 Å². The van der Waals surface area contributed by atoms with Crippen LogP contribution in [-0.4, -0.2) is 80.6 Å². The Morgan fingerprint density at radius 2 is 2.14 bits per heavy atom. The van der Waals surface area contributed by atoms with E-state index >= 15 is 0 Å². The van der Waals surface area contributed by atoms with Gasteiger partial charge in [-0.15, -0.1) is 0 Å². The number of carbonyl (C=O) groups excluding carboxylic acids is 1. The maximum Gasteiger partial charge on any atom is 0.271 e. The Balaban J connectivity index is 1.45. The fourth-order valence-corrected chi connectivity index (χ4v) is 4.79. The first-order valence-corrected chi connectivity index (χ1v) is 12.1. The first kappa shape index (κ1) is 23.2. The van der Waals surface area contributed by atoms with Crippen molar-refractivity contribution in [3.63, 3.8) is 0 Å². The highest BCUT2D eigenvalue weighted by molar-refractivity contribution is 5.96. The molecule has 3 aromatic heterocycles. The lowest BCUT2D eigenvalue weighted by atomic mass is 9.98. The number of hydrogen-bond donors (Lipinski definition) is 3. The number of rotatable bonds is 7. The van der Waals surface area contributed by atoms with Crippen molar-refractivity contribution in [1.29, 1.82) is 0 Å². The molecule has 35 heavy (non-hydrogen) atoms. The van der Waals surface area contributed by atoms with Gasteiger partial charge in [-0.25, -0.2) is 4.98 Å². The number of aromatic nitrogens is 5. The summed E-state index contributed by atoms with van der Waals surface area (Å²) < 4.78 is 0. The van der Waals surface area contributed by atoms with E-state index in [1.807, 2.05) is 30.4 Å². The fraction of sp³-hybridized carbons (Fsp3) is 0.385. The Morgan fingerprint density at radius 1 is 1.29 bits per heavy atom. The van der Waals surface area contributed by atoms with Crippen molar-refractivity contribution in [2.75, 3.05) is 33.7 Å². The molecule has 182 valence electrons. The Kier molecular flexibility index (Phi) is 6.36. The summed E-state index contributed by atoms with van der Waals surface area (Å²) in [4.78, 5) is 29.3. The number of nitrogens with one attached hydrogen (secondary N) is 3. The van der Waals surface area contributed by atoms with Gasteiger partial charge >= 0.3 is 0 Å². The lowest BCUT2D eigenvalue weighted by Crippen LogP contribution is -2.38. The third-order valence-electron chi connectivity index (χ3n) is 7.02. The second-order valence-electron chi connectivity index (χ2n) is 9.35. The molecule has 4 aromatic rings. The van der Waals surface area contributed by atoms with E-state index in [0.29, 0.717) is 17.2 Å². The zero-order valence-corrected chi connectivity index (χ0v) is 20.7. The van der Waals surface area contributed by atoms with Gasteiger partial charge in [0.15, 0.2) is 5.82 Å². The molecule has 9 heteroatoms. The molecular weight excluding hydrogens is 440 g/mol. The molecule has 1 fully saturated rings. The molecule has 0 bridgehead atoms. The van der Waals surface area contributed by atoms with Crippen LogP contribution in [0.3, 0.4) is 0 Å². The molecule has 1 saturated heterocycles. The number of pyridine rings is 1. The fourth-order valence-electron chi connectivity index (χ4n) is 4.79. The van der Waals surface area contributed by atoms with Gasteiger partial charge in [0, 0.05) is 49.5 Å². The van der Waals surface area contributed by atoms with Crippen LogP contribution in [0.2, 0.25) is 0 Å². The first-order valence-electron chi connectivity index (χ1n) is 12.1. The number of carbonyl (C=O) groups is 1. The van der Waals surface area contributed by atoms with Gasteiger partial charge in [0.1, 0.15) is 11.4 Å². The van der Waals surface area contributed by atoms with Crippen LogP contribution >= 0.6 is 0 Å². The molecule has 9 nitrogen and oxygen atoms in total. The van der Waals surface area contributed by atoms with E-state index in [9.17, 15) is 4.79 Å². The summed E-state index contributed by atoms with van der Waals surface area (Å²) in [6.45, 7) is 7.82. The van der Waals surface area contributed by atoms with Crippen LogP contribution in [-0.2, 0) is 6.54 Å². The van der Waals surface area contributed by atoms with E-state index in [0.717, 1.165) is 54.6 Å². The minimum absolute atomic E-state index is 0.0521. The van der Waals surface area contributed by atoms with Gasteiger partial charge in [0.05, 0.1) is 11.7 Å². The monoisotopic (exact) mass is 472 g/mol. The minimum Gasteiger partial charge on any atom is -0.336 e. The molecule has 0 saturated carbocycles. The van der Waals surface area contributed by atoms with E-state index in [1.165, 1.54) is 11.1 Å². The largest absolute Gasteiger partial charge is 0.336 e. The number of aromatic amines is 2. The lowest BCUT2D eigenvalue weighted by molar-refractivity contribution is 0.0732. The number of amides is 1. The van der Waals surface area contributed by atoms with Gasteiger partial charge in [-0.1, -0.05) is 13.0 Å². The van der Waals surface area contributed by atoms with E-state index in [-0.39, 0.29) is 11.9 Å². The molecule has 0 radical (unpaired) electrons. The highest BCUT2D eigenvalue weighted by atomic mass is 16.2. The molecule has 1 unspecified atom stereocenters. The summed E-state index contributed by atoms with van der Waals surface area (Å²) in [6.07, 6.45) is 6.42. The molecule has 1 aliphatic heterocycles. The molecule has 4 heterocycles. The van der Waals surface area contributed by atoms with E-state index in [4.69, 9.17) is 0 Å². The van der Waals surface area contributed by atoms with Gasteiger partial charge in [0.2, 0.25) is 0 Å². The van der Waals surface area contributed by atoms with Crippen LogP contribution in [0.15, 0.2) is 36.8 Å². The maximum absolute atomic E-state index is 13.1. The van der Waals surface area contributed by atoms with Crippen LogP contribution in [0.1, 0.15) is 35.0 Å². The molecule has 3 N–H and O–H groups in total. The summed E-state index contributed by atoms with van der Waals surface area (Å²) in [5, 5.41) is 11.9. The quantitative estimate of drug-likeness (QED) is 0.381. The van der Waals surface area contributed by atoms with Gasteiger partial charge in [-0.3, -0.25) is 14.9 Å². The second kappa shape index (κ2) is 9.59. The van der Waals surface area contributed by atoms with Crippen molar-refractivity contribution in [3.05, 3.63) is 53.6 Å². The average molecular weight is 473 g/mol. The molecule has 1 amide bonds. The van der Waals surface area contributed by atoms with Crippen LogP contribution in [0, 0.1) is 6.92 Å².